The Morgan fingerprint density at radius 2 is 1.84 bits per heavy atom. The third-order valence-corrected chi connectivity index (χ3v) is 5.72. The molecule has 0 bridgehead atoms. The first-order valence-electron chi connectivity index (χ1n) is 11.9. The number of hydrogen-bond acceptors (Lipinski definition) is 8. The van der Waals surface area contributed by atoms with E-state index in [4.69, 9.17) is 14.5 Å². The summed E-state index contributed by atoms with van der Waals surface area (Å²) >= 11 is 0. The average molecular weight is 498 g/mol. The number of rotatable bonds is 9. The third kappa shape index (κ3) is 5.27. The maximum Gasteiger partial charge on any atom is 0.341 e. The number of esters is 1. The van der Waals surface area contributed by atoms with Crippen molar-refractivity contribution < 1.29 is 14.3 Å². The molecule has 0 saturated carbocycles. The van der Waals surface area contributed by atoms with Gasteiger partial charge in [0.05, 0.1) is 31.2 Å². The summed E-state index contributed by atoms with van der Waals surface area (Å²) in [5.41, 5.74) is 4.65. The Balaban J connectivity index is 1.54. The Morgan fingerprint density at radius 1 is 1.03 bits per heavy atom. The van der Waals surface area contributed by atoms with Crippen LogP contribution in [0.3, 0.4) is 0 Å². The number of nitrogens with zero attached hydrogens (tertiary/aromatic N) is 7. The first-order chi connectivity index (χ1) is 18.0. The van der Waals surface area contributed by atoms with Crippen molar-refractivity contribution >= 4 is 22.8 Å². The second-order valence-electron chi connectivity index (χ2n) is 8.61. The molecule has 5 aromatic rings. The molecule has 0 amide bonds. The van der Waals surface area contributed by atoms with E-state index in [0.29, 0.717) is 35.8 Å². The largest absolute Gasteiger partial charge is 0.471 e. The third-order valence-electron chi connectivity index (χ3n) is 5.72. The molecule has 2 aromatic carbocycles. The molecule has 0 aliphatic carbocycles. The zero-order valence-electron chi connectivity index (χ0n) is 20.9. The molecule has 0 saturated heterocycles. The Hall–Kier alpha value is -4.73. The lowest BCUT2D eigenvalue weighted by atomic mass is 10.2. The van der Waals surface area contributed by atoms with E-state index in [9.17, 15) is 4.79 Å². The molecule has 0 unspecified atom stereocenters. The van der Waals surface area contributed by atoms with Crippen LogP contribution >= 0.6 is 0 Å². The van der Waals surface area contributed by atoms with E-state index in [-0.39, 0.29) is 12.6 Å². The molecule has 0 N–H and O–H groups in total. The minimum atomic E-state index is -0.457. The lowest BCUT2D eigenvalue weighted by Crippen LogP contribution is -2.10. The highest BCUT2D eigenvalue weighted by Crippen LogP contribution is 2.25. The number of carbonyl (C=O) groups is 1. The quantitative estimate of drug-likeness (QED) is 0.283. The van der Waals surface area contributed by atoms with E-state index >= 15 is 0 Å². The number of carbonyl (C=O) groups excluding carboxylic acids is 1. The number of benzene rings is 2. The first-order valence-corrected chi connectivity index (χ1v) is 11.9. The summed E-state index contributed by atoms with van der Waals surface area (Å²) in [6.45, 7) is 2.90. The van der Waals surface area contributed by atoms with Crippen molar-refractivity contribution in [1.82, 2.24) is 29.3 Å². The van der Waals surface area contributed by atoms with Crippen molar-refractivity contribution in [3.8, 4) is 11.8 Å². The molecule has 5 rings (SSSR count). The molecule has 0 aliphatic rings. The van der Waals surface area contributed by atoms with Crippen molar-refractivity contribution in [2.45, 2.75) is 20.1 Å². The summed E-state index contributed by atoms with van der Waals surface area (Å²) in [4.78, 5) is 28.1. The highest BCUT2D eigenvalue weighted by molar-refractivity contribution is 5.88. The maximum absolute atomic E-state index is 12.2. The Labute approximate surface area is 214 Å². The Bertz CT molecular complexity index is 1530. The van der Waals surface area contributed by atoms with E-state index in [1.54, 1.807) is 19.4 Å². The van der Waals surface area contributed by atoms with Crippen LogP contribution < -0.4 is 9.64 Å². The second kappa shape index (κ2) is 10.5. The van der Waals surface area contributed by atoms with Crippen LogP contribution in [0, 0.1) is 0 Å². The number of anilines is 1. The topological polar surface area (TPSA) is 100 Å². The van der Waals surface area contributed by atoms with Gasteiger partial charge in [-0.1, -0.05) is 42.5 Å². The summed E-state index contributed by atoms with van der Waals surface area (Å²) in [6, 6.07) is 18.1. The summed E-state index contributed by atoms with van der Waals surface area (Å²) in [5, 5.41) is 4.29. The van der Waals surface area contributed by atoms with Crippen molar-refractivity contribution in [1.29, 1.82) is 0 Å². The van der Waals surface area contributed by atoms with Crippen LogP contribution in [-0.2, 0) is 17.9 Å². The van der Waals surface area contributed by atoms with Gasteiger partial charge in [-0.05, 0) is 30.2 Å². The monoisotopic (exact) mass is 497 g/mol. The van der Waals surface area contributed by atoms with Crippen LogP contribution in [0.2, 0.25) is 0 Å². The van der Waals surface area contributed by atoms with Gasteiger partial charge in [0, 0.05) is 26.0 Å². The van der Waals surface area contributed by atoms with Crippen molar-refractivity contribution in [3.63, 3.8) is 0 Å². The molecule has 0 spiro atoms. The summed E-state index contributed by atoms with van der Waals surface area (Å²) in [5.74, 6) is 0.133. The van der Waals surface area contributed by atoms with Crippen LogP contribution in [0.4, 0.5) is 5.69 Å². The van der Waals surface area contributed by atoms with Crippen molar-refractivity contribution in [3.05, 3.63) is 90.0 Å². The normalized spacial score (nSPS) is 11.0. The number of fused-ring (bicyclic) bond motifs is 1. The minimum Gasteiger partial charge on any atom is -0.471 e. The fourth-order valence-corrected chi connectivity index (χ4v) is 3.83. The zero-order chi connectivity index (χ0) is 25.8. The van der Waals surface area contributed by atoms with E-state index in [2.05, 4.69) is 38.2 Å². The van der Waals surface area contributed by atoms with E-state index in [0.717, 1.165) is 16.8 Å². The minimum absolute atomic E-state index is 0.259. The number of aromatic nitrogens is 6. The van der Waals surface area contributed by atoms with E-state index in [1.807, 2.05) is 55.1 Å². The van der Waals surface area contributed by atoms with Crippen LogP contribution in [0.25, 0.3) is 17.1 Å². The number of imidazole rings is 1. The summed E-state index contributed by atoms with van der Waals surface area (Å²) in [6.07, 6.45) is 4.70. The van der Waals surface area contributed by atoms with Crippen LogP contribution in [0.1, 0.15) is 28.4 Å². The van der Waals surface area contributed by atoms with Gasteiger partial charge in [-0.25, -0.2) is 14.5 Å². The van der Waals surface area contributed by atoms with E-state index < -0.39 is 5.97 Å². The molecule has 0 aliphatic heterocycles. The van der Waals surface area contributed by atoms with Crippen LogP contribution in [-0.4, -0.2) is 56.0 Å². The van der Waals surface area contributed by atoms with Gasteiger partial charge in [-0.2, -0.15) is 15.1 Å². The standard InChI is InChI=1S/C27H27N7O3/c1-4-36-26(35)21-14-29-34(16-21)27-30-24-23(25(31-27)37-17-19-9-6-5-7-10-19)28-18-33(24)15-20-11-8-12-22(13-20)32(2)3/h5-14,16,18H,4,15,17H2,1-3H3. The van der Waals surface area contributed by atoms with E-state index in [1.165, 1.54) is 10.9 Å². The highest BCUT2D eigenvalue weighted by Gasteiger charge is 2.18. The molecule has 0 radical (unpaired) electrons. The van der Waals surface area contributed by atoms with Crippen molar-refractivity contribution in [2.75, 3.05) is 25.6 Å². The first kappa shape index (κ1) is 24.0. The predicted octanol–water partition coefficient (Wildman–Crippen LogP) is 3.88. The number of hydrogen-bond donors (Lipinski definition) is 0. The van der Waals surface area contributed by atoms with Gasteiger partial charge in [-0.15, -0.1) is 0 Å². The molecule has 10 nitrogen and oxygen atoms in total. The van der Waals surface area contributed by atoms with Gasteiger partial charge in [0.15, 0.2) is 11.2 Å². The molecule has 10 heteroatoms. The summed E-state index contributed by atoms with van der Waals surface area (Å²) < 4.78 is 14.6. The Morgan fingerprint density at radius 3 is 2.62 bits per heavy atom. The van der Waals surface area contributed by atoms with Gasteiger partial charge < -0.3 is 18.9 Å². The molecule has 37 heavy (non-hydrogen) atoms. The van der Waals surface area contributed by atoms with Crippen LogP contribution in [0.5, 0.6) is 5.88 Å². The highest BCUT2D eigenvalue weighted by atomic mass is 16.5. The lowest BCUT2D eigenvalue weighted by Gasteiger charge is -2.14. The summed E-state index contributed by atoms with van der Waals surface area (Å²) in [7, 11) is 4.02. The predicted molar refractivity (Wildman–Crippen MR) is 139 cm³/mol. The Kier molecular flexibility index (Phi) is 6.80. The fraction of sp³-hybridized carbons (Fsp3) is 0.222. The molecular weight excluding hydrogens is 470 g/mol. The lowest BCUT2D eigenvalue weighted by molar-refractivity contribution is 0.0526. The SMILES string of the molecule is CCOC(=O)c1cnn(-c2nc(OCc3ccccc3)c3ncn(Cc4cccc(N(C)C)c4)c3n2)c1. The smallest absolute Gasteiger partial charge is 0.341 e. The van der Waals surface area contributed by atoms with Gasteiger partial charge in [0.1, 0.15) is 6.61 Å². The molecular formula is C27H27N7O3. The van der Waals surface area contributed by atoms with Gasteiger partial charge in [-0.3, -0.25) is 0 Å². The van der Waals surface area contributed by atoms with Gasteiger partial charge in [0.2, 0.25) is 5.88 Å². The number of ether oxygens (including phenoxy) is 2. The van der Waals surface area contributed by atoms with Crippen LogP contribution in [0.15, 0.2) is 73.3 Å². The fourth-order valence-electron chi connectivity index (χ4n) is 3.83. The van der Waals surface area contributed by atoms with Gasteiger partial charge in [0.25, 0.3) is 5.95 Å². The zero-order valence-corrected chi connectivity index (χ0v) is 20.9. The molecule has 0 fully saturated rings. The molecule has 3 aromatic heterocycles. The second-order valence-corrected chi connectivity index (χ2v) is 8.61. The van der Waals surface area contributed by atoms with Gasteiger partial charge >= 0.3 is 5.97 Å². The maximum atomic E-state index is 12.2. The van der Waals surface area contributed by atoms with Crippen molar-refractivity contribution in [2.24, 2.45) is 0 Å². The molecule has 0 atom stereocenters. The average Bonchev–Trinajstić information content (AvgIpc) is 3.56. The molecule has 188 valence electrons. The molecule has 3 heterocycles.